The van der Waals surface area contributed by atoms with Crippen LogP contribution in [0.15, 0.2) is 0 Å². The van der Waals surface area contributed by atoms with Crippen LogP contribution in [0.25, 0.3) is 0 Å². The fourth-order valence-corrected chi connectivity index (χ4v) is 2.89. The summed E-state index contributed by atoms with van der Waals surface area (Å²) in [5.41, 5.74) is 5.82. The van der Waals surface area contributed by atoms with E-state index in [0.717, 1.165) is 71.1 Å². The normalized spacial score (nSPS) is 24.4. The van der Waals surface area contributed by atoms with Crippen LogP contribution in [0.4, 0.5) is 0 Å². The molecule has 110 valence electrons. The first-order chi connectivity index (χ1) is 9.20. The van der Waals surface area contributed by atoms with Crippen molar-refractivity contribution in [3.05, 3.63) is 0 Å². The number of carbonyl (C=O) groups excluding carboxylic acids is 1. The molecule has 0 spiro atoms. The Hall–Kier alpha value is -0.650. The number of hydrogen-bond acceptors (Lipinski definition) is 4. The molecule has 5 heteroatoms. The molecule has 0 aromatic heterocycles. The van der Waals surface area contributed by atoms with Crippen LogP contribution >= 0.6 is 0 Å². The molecular weight excluding hydrogens is 242 g/mol. The summed E-state index contributed by atoms with van der Waals surface area (Å²) in [5.74, 6) is 0.854. The molecular formula is C14H27N3O2. The highest BCUT2D eigenvalue weighted by molar-refractivity contribution is 5.81. The van der Waals surface area contributed by atoms with Crippen LogP contribution in [0.5, 0.6) is 0 Å². The predicted octanol–water partition coefficient (Wildman–Crippen LogP) is 0.295. The molecule has 0 bridgehead atoms. The third-order valence-corrected chi connectivity index (χ3v) is 4.30. The van der Waals surface area contributed by atoms with Gasteiger partial charge in [-0.25, -0.2) is 0 Å². The molecule has 2 N–H and O–H groups in total. The highest BCUT2D eigenvalue weighted by Crippen LogP contribution is 2.19. The van der Waals surface area contributed by atoms with Gasteiger partial charge in [-0.1, -0.05) is 6.92 Å². The summed E-state index contributed by atoms with van der Waals surface area (Å²) < 4.78 is 5.37. The maximum Gasteiger partial charge on any atom is 0.239 e. The van der Waals surface area contributed by atoms with Gasteiger partial charge >= 0.3 is 0 Å². The lowest BCUT2D eigenvalue weighted by Gasteiger charge is -2.36. The Balaban J connectivity index is 1.71. The maximum absolute atomic E-state index is 12.0. The van der Waals surface area contributed by atoms with Gasteiger partial charge in [0, 0.05) is 32.7 Å². The Kier molecular flexibility index (Phi) is 5.60. The minimum absolute atomic E-state index is 0.132. The van der Waals surface area contributed by atoms with Gasteiger partial charge in [-0.3, -0.25) is 9.69 Å². The number of carbonyl (C=O) groups is 1. The maximum atomic E-state index is 12.0. The number of rotatable bonds is 4. The zero-order chi connectivity index (χ0) is 13.7. The van der Waals surface area contributed by atoms with Gasteiger partial charge in [-0.05, 0) is 25.2 Å². The van der Waals surface area contributed by atoms with E-state index >= 15 is 0 Å². The molecule has 0 aromatic carbocycles. The van der Waals surface area contributed by atoms with Crippen LogP contribution in [0.3, 0.4) is 0 Å². The van der Waals surface area contributed by atoms with Crippen molar-refractivity contribution in [1.29, 1.82) is 0 Å². The molecule has 2 fully saturated rings. The monoisotopic (exact) mass is 269 g/mol. The van der Waals surface area contributed by atoms with E-state index in [2.05, 4.69) is 4.90 Å². The van der Waals surface area contributed by atoms with Crippen LogP contribution in [0, 0.1) is 5.92 Å². The highest BCUT2D eigenvalue weighted by Gasteiger charge is 2.26. The number of nitrogens with zero attached hydrogens (tertiary/aromatic N) is 2. The van der Waals surface area contributed by atoms with Crippen LogP contribution in [-0.4, -0.2) is 67.7 Å². The van der Waals surface area contributed by atoms with Crippen molar-refractivity contribution in [3.8, 4) is 0 Å². The lowest BCUT2D eigenvalue weighted by atomic mass is 9.95. The van der Waals surface area contributed by atoms with Gasteiger partial charge in [0.25, 0.3) is 0 Å². The van der Waals surface area contributed by atoms with Crippen molar-refractivity contribution >= 4 is 5.91 Å². The molecule has 2 rings (SSSR count). The molecule has 2 aliphatic rings. The number of piperidine rings is 1. The molecule has 5 nitrogen and oxygen atoms in total. The fraction of sp³-hybridized carbons (Fsp3) is 0.929. The number of morpholine rings is 1. The number of nitrogens with two attached hydrogens (primary N) is 1. The molecule has 0 aliphatic carbocycles. The Morgan fingerprint density at radius 1 is 1.26 bits per heavy atom. The summed E-state index contributed by atoms with van der Waals surface area (Å²) in [7, 11) is 0. The molecule has 1 unspecified atom stereocenters. The minimum atomic E-state index is -0.309. The summed E-state index contributed by atoms with van der Waals surface area (Å²) in [4.78, 5) is 16.4. The van der Waals surface area contributed by atoms with Crippen LogP contribution in [0.2, 0.25) is 0 Å². The first-order valence-electron chi connectivity index (χ1n) is 7.55. The molecule has 0 saturated carbocycles. The zero-order valence-corrected chi connectivity index (χ0v) is 12.0. The van der Waals surface area contributed by atoms with E-state index in [0.29, 0.717) is 0 Å². The van der Waals surface area contributed by atoms with Crippen LogP contribution < -0.4 is 5.73 Å². The quantitative estimate of drug-likeness (QED) is 0.797. The number of ether oxygens (including phenoxy) is 1. The summed E-state index contributed by atoms with van der Waals surface area (Å²) in [5, 5.41) is 0. The molecule has 2 saturated heterocycles. The van der Waals surface area contributed by atoms with Crippen molar-refractivity contribution in [2.24, 2.45) is 11.7 Å². The molecule has 2 aliphatic heterocycles. The van der Waals surface area contributed by atoms with E-state index < -0.39 is 0 Å². The summed E-state index contributed by atoms with van der Waals surface area (Å²) in [6.07, 6.45) is 2.95. The van der Waals surface area contributed by atoms with Gasteiger partial charge < -0.3 is 15.4 Å². The van der Waals surface area contributed by atoms with Gasteiger partial charge in [-0.15, -0.1) is 0 Å². The average Bonchev–Trinajstić information content (AvgIpc) is 2.47. The minimum Gasteiger partial charge on any atom is -0.379 e. The molecule has 2 heterocycles. The SMILES string of the molecule is CCC(N)C(=O)N1CCC(CN2CCOCC2)CC1. The second-order valence-corrected chi connectivity index (χ2v) is 5.70. The highest BCUT2D eigenvalue weighted by atomic mass is 16.5. The molecule has 0 aromatic rings. The molecule has 1 atom stereocenters. The van der Waals surface area contributed by atoms with E-state index in [1.807, 2.05) is 11.8 Å². The van der Waals surface area contributed by atoms with E-state index in [-0.39, 0.29) is 11.9 Å². The van der Waals surface area contributed by atoms with E-state index in [1.165, 1.54) is 0 Å². The van der Waals surface area contributed by atoms with E-state index in [9.17, 15) is 4.79 Å². The third kappa shape index (κ3) is 4.16. The van der Waals surface area contributed by atoms with Crippen molar-refractivity contribution in [2.45, 2.75) is 32.2 Å². The fourth-order valence-electron chi connectivity index (χ4n) is 2.89. The van der Waals surface area contributed by atoms with Gasteiger partial charge in [0.2, 0.25) is 5.91 Å². The predicted molar refractivity (Wildman–Crippen MR) is 74.8 cm³/mol. The van der Waals surface area contributed by atoms with Gasteiger partial charge in [0.1, 0.15) is 0 Å². The van der Waals surface area contributed by atoms with Crippen molar-refractivity contribution in [1.82, 2.24) is 9.80 Å². The molecule has 19 heavy (non-hydrogen) atoms. The van der Waals surface area contributed by atoms with Crippen LogP contribution in [0.1, 0.15) is 26.2 Å². The topological polar surface area (TPSA) is 58.8 Å². The van der Waals surface area contributed by atoms with Crippen molar-refractivity contribution in [2.75, 3.05) is 45.9 Å². The Labute approximate surface area is 116 Å². The summed E-state index contributed by atoms with van der Waals surface area (Å²) >= 11 is 0. The Morgan fingerprint density at radius 2 is 1.89 bits per heavy atom. The lowest BCUT2D eigenvalue weighted by Crippen LogP contribution is -2.48. The van der Waals surface area contributed by atoms with Crippen molar-refractivity contribution in [3.63, 3.8) is 0 Å². The second kappa shape index (κ2) is 7.22. The third-order valence-electron chi connectivity index (χ3n) is 4.30. The molecule has 0 radical (unpaired) electrons. The first-order valence-corrected chi connectivity index (χ1v) is 7.55. The van der Waals surface area contributed by atoms with E-state index in [1.54, 1.807) is 0 Å². The first kappa shape index (κ1) is 14.8. The average molecular weight is 269 g/mol. The number of hydrogen-bond donors (Lipinski definition) is 1. The lowest BCUT2D eigenvalue weighted by molar-refractivity contribution is -0.134. The van der Waals surface area contributed by atoms with E-state index in [4.69, 9.17) is 10.5 Å². The summed E-state index contributed by atoms with van der Waals surface area (Å²) in [6.45, 7) is 8.72. The van der Waals surface area contributed by atoms with Gasteiger partial charge in [0.15, 0.2) is 0 Å². The van der Waals surface area contributed by atoms with Gasteiger partial charge in [0.05, 0.1) is 19.3 Å². The standard InChI is InChI=1S/C14H27N3O2/c1-2-13(15)14(18)17-5-3-12(4-6-17)11-16-7-9-19-10-8-16/h12-13H,2-11,15H2,1H3. The number of likely N-dealkylation sites (tertiary alicyclic amines) is 1. The van der Waals surface area contributed by atoms with Crippen molar-refractivity contribution < 1.29 is 9.53 Å². The zero-order valence-electron chi connectivity index (χ0n) is 12.0. The summed E-state index contributed by atoms with van der Waals surface area (Å²) in [6, 6.07) is -0.309. The second-order valence-electron chi connectivity index (χ2n) is 5.70. The number of amides is 1. The largest absolute Gasteiger partial charge is 0.379 e. The smallest absolute Gasteiger partial charge is 0.239 e. The Bertz CT molecular complexity index is 284. The molecule has 1 amide bonds. The van der Waals surface area contributed by atoms with Crippen LogP contribution in [-0.2, 0) is 9.53 Å². The van der Waals surface area contributed by atoms with Gasteiger partial charge in [-0.2, -0.15) is 0 Å². The Morgan fingerprint density at radius 3 is 2.47 bits per heavy atom.